The van der Waals surface area contributed by atoms with E-state index in [9.17, 15) is 4.79 Å². The average Bonchev–Trinajstić information content (AvgIpc) is 2.57. The Kier molecular flexibility index (Phi) is 5.97. The van der Waals surface area contributed by atoms with Crippen LogP contribution in [0.4, 0.5) is 11.4 Å². The first-order valence-corrected chi connectivity index (χ1v) is 7.88. The first-order chi connectivity index (χ1) is 11.1. The number of nitrogens with zero attached hydrogens (tertiary/aromatic N) is 1. The molecule has 1 amide bonds. The Balaban J connectivity index is 2.16. The lowest BCUT2D eigenvalue weighted by Gasteiger charge is -2.14. The lowest BCUT2D eigenvalue weighted by molar-refractivity contribution is 0.0939. The summed E-state index contributed by atoms with van der Waals surface area (Å²) in [5.41, 5.74) is 2.12. The topological polar surface area (TPSA) is 63.2 Å². The number of benzene rings is 1. The molecule has 2 rings (SSSR count). The first kappa shape index (κ1) is 16.8. The van der Waals surface area contributed by atoms with Crippen LogP contribution >= 0.6 is 0 Å². The van der Waals surface area contributed by atoms with Crippen LogP contribution in [0, 0.1) is 0 Å². The quantitative estimate of drug-likeness (QED) is 0.817. The van der Waals surface area contributed by atoms with Gasteiger partial charge in [-0.2, -0.15) is 0 Å². The molecular formula is C18H23N3O2. The van der Waals surface area contributed by atoms with Gasteiger partial charge >= 0.3 is 0 Å². The minimum Gasteiger partial charge on any atom is -0.492 e. The highest BCUT2D eigenvalue weighted by atomic mass is 16.5. The fraction of sp³-hybridized carbons (Fsp3) is 0.333. The summed E-state index contributed by atoms with van der Waals surface area (Å²) in [5, 5.41) is 6.19. The Morgan fingerprint density at radius 3 is 2.78 bits per heavy atom. The van der Waals surface area contributed by atoms with E-state index in [2.05, 4.69) is 15.6 Å². The molecular weight excluding hydrogens is 290 g/mol. The molecule has 2 N–H and O–H groups in total. The molecule has 0 aliphatic rings. The molecule has 23 heavy (non-hydrogen) atoms. The molecule has 1 heterocycles. The van der Waals surface area contributed by atoms with Crippen molar-refractivity contribution < 1.29 is 9.53 Å². The predicted octanol–water partition coefficient (Wildman–Crippen LogP) is 3.75. The average molecular weight is 313 g/mol. The minimum absolute atomic E-state index is 0.117. The third-order valence-electron chi connectivity index (χ3n) is 3.46. The van der Waals surface area contributed by atoms with Crippen molar-refractivity contribution in [2.45, 2.75) is 33.2 Å². The van der Waals surface area contributed by atoms with E-state index >= 15 is 0 Å². The Bertz CT molecular complexity index is 658. The fourth-order valence-corrected chi connectivity index (χ4v) is 2.05. The van der Waals surface area contributed by atoms with Crippen LogP contribution in [0.5, 0.6) is 5.75 Å². The van der Waals surface area contributed by atoms with Gasteiger partial charge in [-0.1, -0.05) is 19.1 Å². The Morgan fingerprint density at radius 2 is 2.04 bits per heavy atom. The molecule has 0 radical (unpaired) electrons. The Labute approximate surface area is 137 Å². The zero-order valence-corrected chi connectivity index (χ0v) is 13.8. The summed E-state index contributed by atoms with van der Waals surface area (Å²) < 4.78 is 5.59. The highest BCUT2D eigenvalue weighted by Crippen LogP contribution is 2.27. The van der Waals surface area contributed by atoms with Crippen LogP contribution in [0.1, 0.15) is 37.6 Å². The molecule has 1 unspecified atom stereocenters. The van der Waals surface area contributed by atoms with E-state index in [1.54, 1.807) is 18.5 Å². The number of hydrogen-bond donors (Lipinski definition) is 2. The number of carbonyl (C=O) groups is 1. The number of anilines is 2. The second kappa shape index (κ2) is 8.17. The van der Waals surface area contributed by atoms with Crippen molar-refractivity contribution in [3.63, 3.8) is 0 Å². The predicted molar refractivity (Wildman–Crippen MR) is 92.3 cm³/mol. The van der Waals surface area contributed by atoms with Crippen LogP contribution in [-0.2, 0) is 0 Å². The number of amides is 1. The number of aromatic nitrogens is 1. The molecule has 5 nitrogen and oxygen atoms in total. The van der Waals surface area contributed by atoms with Crippen molar-refractivity contribution >= 4 is 17.3 Å². The molecule has 0 aliphatic heterocycles. The van der Waals surface area contributed by atoms with Crippen molar-refractivity contribution in [2.24, 2.45) is 0 Å². The molecule has 0 aliphatic carbocycles. The number of ether oxygens (including phenoxy) is 1. The highest BCUT2D eigenvalue weighted by molar-refractivity contribution is 5.95. The van der Waals surface area contributed by atoms with Gasteiger partial charge in [0.15, 0.2) is 0 Å². The molecule has 1 aromatic heterocycles. The molecule has 1 aromatic carbocycles. The standard InChI is InChI=1S/C18H23N3O2/c1-4-13(3)20-18(22)14-10-15(12-19-11-14)21-16-8-6-7-9-17(16)23-5-2/h6-13,21H,4-5H2,1-3H3,(H,20,22). The normalized spacial score (nSPS) is 11.6. The number of nitrogens with one attached hydrogen (secondary N) is 2. The monoisotopic (exact) mass is 313 g/mol. The summed E-state index contributed by atoms with van der Waals surface area (Å²) in [6.07, 6.45) is 4.14. The van der Waals surface area contributed by atoms with Crippen LogP contribution < -0.4 is 15.4 Å². The van der Waals surface area contributed by atoms with Crippen molar-refractivity contribution in [1.29, 1.82) is 0 Å². The molecule has 0 saturated carbocycles. The maximum Gasteiger partial charge on any atom is 0.253 e. The SMILES string of the molecule is CCOc1ccccc1Nc1cncc(C(=O)NC(C)CC)c1. The van der Waals surface area contributed by atoms with Gasteiger partial charge in [-0.05, 0) is 38.5 Å². The largest absolute Gasteiger partial charge is 0.492 e. The van der Waals surface area contributed by atoms with Gasteiger partial charge in [-0.3, -0.25) is 9.78 Å². The molecule has 0 spiro atoms. The summed E-state index contributed by atoms with van der Waals surface area (Å²) in [4.78, 5) is 16.3. The summed E-state index contributed by atoms with van der Waals surface area (Å²) in [7, 11) is 0. The van der Waals surface area contributed by atoms with Crippen LogP contribution in [0.25, 0.3) is 0 Å². The van der Waals surface area contributed by atoms with E-state index in [1.165, 1.54) is 0 Å². The number of carbonyl (C=O) groups excluding carboxylic acids is 1. The van der Waals surface area contributed by atoms with E-state index in [1.807, 2.05) is 45.0 Å². The number of rotatable bonds is 7. The van der Waals surface area contributed by atoms with Gasteiger partial charge in [0.25, 0.3) is 5.91 Å². The van der Waals surface area contributed by atoms with Gasteiger partial charge in [0.1, 0.15) is 5.75 Å². The van der Waals surface area contributed by atoms with Crippen LogP contribution in [0.2, 0.25) is 0 Å². The summed E-state index contributed by atoms with van der Waals surface area (Å²) in [6, 6.07) is 9.60. The number of pyridine rings is 1. The van der Waals surface area contributed by atoms with E-state index in [-0.39, 0.29) is 11.9 Å². The number of hydrogen-bond acceptors (Lipinski definition) is 4. The summed E-state index contributed by atoms with van der Waals surface area (Å²) in [5.74, 6) is 0.651. The van der Waals surface area contributed by atoms with Crippen LogP contribution in [0.15, 0.2) is 42.7 Å². The molecule has 2 aromatic rings. The van der Waals surface area contributed by atoms with Crippen molar-refractivity contribution in [3.8, 4) is 5.75 Å². The Hall–Kier alpha value is -2.56. The van der Waals surface area contributed by atoms with Gasteiger partial charge in [-0.15, -0.1) is 0 Å². The highest BCUT2D eigenvalue weighted by Gasteiger charge is 2.10. The minimum atomic E-state index is -0.117. The van der Waals surface area contributed by atoms with E-state index in [0.29, 0.717) is 12.2 Å². The van der Waals surface area contributed by atoms with E-state index in [0.717, 1.165) is 23.5 Å². The molecule has 0 fully saturated rings. The Morgan fingerprint density at radius 1 is 1.26 bits per heavy atom. The fourth-order valence-electron chi connectivity index (χ4n) is 2.05. The van der Waals surface area contributed by atoms with Crippen molar-refractivity contribution in [2.75, 3.05) is 11.9 Å². The maximum atomic E-state index is 12.2. The van der Waals surface area contributed by atoms with Gasteiger partial charge in [0, 0.05) is 12.2 Å². The summed E-state index contributed by atoms with van der Waals surface area (Å²) in [6.45, 7) is 6.55. The van der Waals surface area contributed by atoms with Crippen molar-refractivity contribution in [1.82, 2.24) is 10.3 Å². The van der Waals surface area contributed by atoms with Gasteiger partial charge < -0.3 is 15.4 Å². The zero-order valence-electron chi connectivity index (χ0n) is 13.8. The molecule has 0 bridgehead atoms. The second-order valence-corrected chi connectivity index (χ2v) is 5.30. The smallest absolute Gasteiger partial charge is 0.253 e. The molecule has 122 valence electrons. The third kappa shape index (κ3) is 4.71. The van der Waals surface area contributed by atoms with Crippen molar-refractivity contribution in [3.05, 3.63) is 48.3 Å². The van der Waals surface area contributed by atoms with Gasteiger partial charge in [-0.25, -0.2) is 0 Å². The number of para-hydroxylation sites is 2. The first-order valence-electron chi connectivity index (χ1n) is 7.88. The van der Waals surface area contributed by atoms with Crippen LogP contribution in [0.3, 0.4) is 0 Å². The summed E-state index contributed by atoms with van der Waals surface area (Å²) >= 11 is 0. The maximum absolute atomic E-state index is 12.2. The second-order valence-electron chi connectivity index (χ2n) is 5.30. The van der Waals surface area contributed by atoms with Crippen LogP contribution in [-0.4, -0.2) is 23.5 Å². The van der Waals surface area contributed by atoms with Gasteiger partial charge in [0.05, 0.1) is 29.7 Å². The van der Waals surface area contributed by atoms with E-state index in [4.69, 9.17) is 4.74 Å². The molecule has 5 heteroatoms. The molecule has 1 atom stereocenters. The molecule has 0 saturated heterocycles. The lowest BCUT2D eigenvalue weighted by atomic mass is 10.2. The van der Waals surface area contributed by atoms with E-state index < -0.39 is 0 Å². The van der Waals surface area contributed by atoms with Gasteiger partial charge in [0.2, 0.25) is 0 Å². The zero-order chi connectivity index (χ0) is 16.7. The lowest BCUT2D eigenvalue weighted by Crippen LogP contribution is -2.31. The third-order valence-corrected chi connectivity index (χ3v) is 3.46.